The van der Waals surface area contributed by atoms with E-state index in [9.17, 15) is 44.7 Å². The third-order valence-corrected chi connectivity index (χ3v) is 10.6. The molecule has 1 aliphatic carbocycles. The predicted octanol–water partition coefficient (Wildman–Crippen LogP) is -0.123. The number of aldehydes is 1. The van der Waals surface area contributed by atoms with Crippen LogP contribution >= 0.6 is 0 Å². The number of carbonyl (C=O) groups is 4. The molecule has 3 aromatic rings. The molecule has 300 valence electrons. The third-order valence-electron chi connectivity index (χ3n) is 10.6. The highest BCUT2D eigenvalue weighted by Crippen LogP contribution is 2.50. The van der Waals surface area contributed by atoms with Crippen molar-refractivity contribution in [2.75, 3.05) is 31.4 Å². The van der Waals surface area contributed by atoms with E-state index < -0.39 is 79.3 Å². The Morgan fingerprint density at radius 2 is 1.76 bits per heavy atom. The van der Waals surface area contributed by atoms with Gasteiger partial charge in [0.25, 0.3) is 0 Å². The molecule has 7 atom stereocenters. The molecule has 8 rings (SSSR count). The summed E-state index contributed by atoms with van der Waals surface area (Å²) in [5.74, 6) is -3.71. The summed E-state index contributed by atoms with van der Waals surface area (Å²) in [5.41, 5.74) is 4.20. The summed E-state index contributed by atoms with van der Waals surface area (Å²) in [5, 5.41) is 55.1. The lowest BCUT2D eigenvalue weighted by molar-refractivity contribution is -0.323. The molecular weight excluding hydrogens is 758 g/mol. The number of ether oxygens (including phenoxy) is 4. The van der Waals surface area contributed by atoms with E-state index in [1.165, 1.54) is 24.5 Å². The van der Waals surface area contributed by atoms with Gasteiger partial charge in [0.05, 0.1) is 17.9 Å². The summed E-state index contributed by atoms with van der Waals surface area (Å²) in [6.07, 6.45) is -5.80. The first kappa shape index (κ1) is 38.7. The number of nitrogens with two attached hydrogens (primary N) is 1. The van der Waals surface area contributed by atoms with Gasteiger partial charge in [0.1, 0.15) is 44.5 Å². The number of ketones is 2. The minimum absolute atomic E-state index is 0.0137. The molecule has 1 amide bonds. The van der Waals surface area contributed by atoms with Gasteiger partial charge in [-0.3, -0.25) is 19.4 Å². The van der Waals surface area contributed by atoms with Crippen molar-refractivity contribution in [3.63, 3.8) is 0 Å². The first-order valence-corrected chi connectivity index (χ1v) is 18.3. The number of allylic oxidation sites excluding steroid dienone is 1. The van der Waals surface area contributed by atoms with Gasteiger partial charge in [-0.05, 0) is 23.8 Å². The number of anilines is 1. The number of guanidine groups is 1. The summed E-state index contributed by atoms with van der Waals surface area (Å²) in [6, 6.07) is 14.5. The summed E-state index contributed by atoms with van der Waals surface area (Å²) in [4.78, 5) is 67.0. The van der Waals surface area contributed by atoms with Crippen LogP contribution in [0.3, 0.4) is 0 Å². The van der Waals surface area contributed by atoms with Crippen LogP contribution in [0.1, 0.15) is 61.7 Å². The Bertz CT molecular complexity index is 2340. The molecule has 7 N–H and O–H groups in total. The molecule has 7 unspecified atom stereocenters. The zero-order valence-corrected chi connectivity index (χ0v) is 30.5. The van der Waals surface area contributed by atoms with Crippen LogP contribution in [0.2, 0.25) is 0 Å². The van der Waals surface area contributed by atoms with Gasteiger partial charge in [-0.25, -0.2) is 0 Å². The van der Waals surface area contributed by atoms with Gasteiger partial charge < -0.3 is 59.9 Å². The third kappa shape index (κ3) is 6.45. The molecule has 0 spiro atoms. The maximum Gasteiger partial charge on any atom is 0.302 e. The lowest BCUT2D eigenvalue weighted by atomic mass is 9.79. The second kappa shape index (κ2) is 15.3. The average molecular weight is 796 g/mol. The quantitative estimate of drug-likeness (QED) is 0.121. The highest BCUT2D eigenvalue weighted by Gasteiger charge is 2.57. The van der Waals surface area contributed by atoms with E-state index >= 15 is 0 Å². The fourth-order valence-electron chi connectivity index (χ4n) is 7.71. The number of aliphatic hydroxyl groups excluding tert-OH is 4. The van der Waals surface area contributed by atoms with Gasteiger partial charge in [0.2, 0.25) is 12.2 Å². The van der Waals surface area contributed by atoms with Crippen molar-refractivity contribution in [2.24, 2.45) is 20.7 Å². The highest BCUT2D eigenvalue weighted by molar-refractivity contribution is 6.72. The second-order valence-electron chi connectivity index (χ2n) is 14.1. The van der Waals surface area contributed by atoms with E-state index in [1.54, 1.807) is 47.4 Å². The van der Waals surface area contributed by atoms with E-state index in [4.69, 9.17) is 24.7 Å². The van der Waals surface area contributed by atoms with Crippen LogP contribution < -0.4 is 20.1 Å². The van der Waals surface area contributed by atoms with E-state index in [0.29, 0.717) is 17.5 Å². The molecular formula is C40H37N5O13. The van der Waals surface area contributed by atoms with Crippen molar-refractivity contribution in [2.45, 2.75) is 55.1 Å². The van der Waals surface area contributed by atoms with Crippen LogP contribution in [0.5, 0.6) is 11.5 Å². The number of nitrogens with zero attached hydrogens (tertiary/aromatic N) is 4. The Morgan fingerprint density at radius 1 is 1.02 bits per heavy atom. The normalized spacial score (nSPS) is 26.6. The SMILES string of the molecule is NC1=NC(=O)C2=NCN(c3ccccc3C3C=COCC4OC(Oc5c3cc3c(c5OCC(O)CC=O)C(=O)c5ccccc5C3=O)C(O)(CCO)C(O)C4O)C2=N1. The minimum atomic E-state index is -2.48. The number of hydrogen-bond donors (Lipinski definition) is 6. The highest BCUT2D eigenvalue weighted by atomic mass is 16.7. The van der Waals surface area contributed by atoms with Crippen molar-refractivity contribution in [1.82, 2.24) is 0 Å². The number of amides is 1. The van der Waals surface area contributed by atoms with Gasteiger partial charge in [0.15, 0.2) is 40.2 Å². The van der Waals surface area contributed by atoms with Crippen molar-refractivity contribution >= 4 is 47.0 Å². The predicted molar refractivity (Wildman–Crippen MR) is 202 cm³/mol. The van der Waals surface area contributed by atoms with Crippen LogP contribution in [0.25, 0.3) is 0 Å². The standard InChI is InChI=1S/C40H37N5O13/c41-39-43-36-29(37(53)44-39)42-18-45(36)26-8-4-3-5-21(26)20-10-14-55-17-27-32(51)35(52)40(54,11-13-47)38(57-27)58-33-24(20)15-25-28(34(33)56-16-19(48)9-12-46)31(50)23-7-2-1-6-22(23)30(25)49/h1-8,10,12,14-15,19-20,27,32,35,38,47-48,51-52,54H,9,11,13,16-18H2,(H2,41,44,53). The number of para-hydroxylation sites is 1. The number of hydrogen-bond acceptors (Lipinski definition) is 17. The molecule has 1 fully saturated rings. The van der Waals surface area contributed by atoms with Crippen molar-refractivity contribution in [3.8, 4) is 11.5 Å². The molecule has 58 heavy (non-hydrogen) atoms. The van der Waals surface area contributed by atoms with Gasteiger partial charge in [-0.15, -0.1) is 0 Å². The van der Waals surface area contributed by atoms with Crippen LogP contribution in [0, 0.1) is 0 Å². The van der Waals surface area contributed by atoms with Gasteiger partial charge in [0, 0.05) is 53.3 Å². The molecule has 4 aliphatic heterocycles. The number of benzene rings is 3. The molecule has 5 aliphatic rings. The summed E-state index contributed by atoms with van der Waals surface area (Å²) < 4.78 is 24.7. The minimum Gasteiger partial charge on any atom is -0.499 e. The molecule has 0 aromatic heterocycles. The molecule has 18 nitrogen and oxygen atoms in total. The fourth-order valence-corrected chi connectivity index (χ4v) is 7.71. The smallest absolute Gasteiger partial charge is 0.302 e. The van der Waals surface area contributed by atoms with Crippen molar-refractivity contribution < 1.29 is 63.7 Å². The van der Waals surface area contributed by atoms with E-state index in [2.05, 4.69) is 15.0 Å². The first-order valence-electron chi connectivity index (χ1n) is 18.3. The molecule has 1 saturated heterocycles. The Kier molecular flexibility index (Phi) is 10.2. The topological polar surface area (TPSA) is 273 Å². The summed E-state index contributed by atoms with van der Waals surface area (Å²) >= 11 is 0. The first-order chi connectivity index (χ1) is 28.0. The van der Waals surface area contributed by atoms with E-state index in [-0.39, 0.29) is 76.5 Å². The second-order valence-corrected chi connectivity index (χ2v) is 14.1. The number of aliphatic hydroxyl groups is 5. The molecule has 3 aromatic carbocycles. The lowest BCUT2D eigenvalue weighted by Gasteiger charge is -2.47. The Morgan fingerprint density at radius 3 is 2.52 bits per heavy atom. The van der Waals surface area contributed by atoms with E-state index in [1.807, 2.05) is 0 Å². The van der Waals surface area contributed by atoms with Crippen LogP contribution in [-0.4, -0.2) is 130 Å². The molecule has 2 bridgehead atoms. The number of aliphatic imine (C=N–C) groups is 3. The van der Waals surface area contributed by atoms with Gasteiger partial charge in [-0.2, -0.15) is 9.98 Å². The average Bonchev–Trinajstić information content (AvgIpc) is 3.63. The van der Waals surface area contributed by atoms with E-state index in [0.717, 1.165) is 0 Å². The zero-order valence-electron chi connectivity index (χ0n) is 30.5. The molecule has 4 heterocycles. The van der Waals surface area contributed by atoms with Crippen molar-refractivity contribution in [1.29, 1.82) is 0 Å². The van der Waals surface area contributed by atoms with Gasteiger partial charge >= 0.3 is 5.91 Å². The maximum absolute atomic E-state index is 14.5. The summed E-state index contributed by atoms with van der Waals surface area (Å²) in [7, 11) is 0. The maximum atomic E-state index is 14.5. The van der Waals surface area contributed by atoms with Crippen LogP contribution in [0.15, 0.2) is 81.9 Å². The Labute approximate surface area is 329 Å². The van der Waals surface area contributed by atoms with Gasteiger partial charge in [-0.1, -0.05) is 42.5 Å². The molecule has 0 radical (unpaired) electrons. The zero-order chi connectivity index (χ0) is 40.9. The summed E-state index contributed by atoms with van der Waals surface area (Å²) in [6.45, 7) is -1.69. The molecule has 0 saturated carbocycles. The van der Waals surface area contributed by atoms with Crippen LogP contribution in [-0.2, 0) is 19.1 Å². The number of rotatable bonds is 9. The fraction of sp³-hybridized carbons (Fsp3) is 0.325. The lowest BCUT2D eigenvalue weighted by Crippen LogP contribution is -2.68. The Hall–Kier alpha value is -6.15. The largest absolute Gasteiger partial charge is 0.499 e. The van der Waals surface area contributed by atoms with Crippen LogP contribution in [0.4, 0.5) is 5.69 Å². The number of fused-ring (bicyclic) bond motifs is 6. The Balaban J connectivity index is 1.40. The number of amidine groups is 1. The molecule has 18 heteroatoms. The van der Waals surface area contributed by atoms with Crippen molar-refractivity contribution in [3.05, 3.63) is 100 Å². The monoisotopic (exact) mass is 795 g/mol. The number of carbonyl (C=O) groups excluding carboxylic acids is 4.